The number of nitrogens with zero attached hydrogens (tertiary/aromatic N) is 2. The second kappa shape index (κ2) is 7.25. The molecule has 0 aromatic heterocycles. The minimum Gasteiger partial charge on any atom is -0.500 e. The first-order chi connectivity index (χ1) is 12.2. The van der Waals surface area contributed by atoms with Crippen molar-refractivity contribution in [3.8, 4) is 17.6 Å². The normalized spacial score (nSPS) is 11.7. The van der Waals surface area contributed by atoms with E-state index in [-0.39, 0.29) is 16.2 Å². The average molecular weight is 374 g/mol. The van der Waals surface area contributed by atoms with Gasteiger partial charge in [-0.05, 0) is 36.8 Å². The van der Waals surface area contributed by atoms with E-state index >= 15 is 0 Å². The number of allylic oxidation sites excluding steroid dienone is 1. The zero-order valence-corrected chi connectivity index (χ0v) is 14.6. The molecule has 2 rings (SSSR count). The van der Waals surface area contributed by atoms with E-state index in [4.69, 9.17) is 4.74 Å². The topological polar surface area (TPSA) is 131 Å². The lowest BCUT2D eigenvalue weighted by atomic mass is 10.1. The van der Waals surface area contributed by atoms with Gasteiger partial charge in [-0.1, -0.05) is 17.7 Å². The summed E-state index contributed by atoms with van der Waals surface area (Å²) in [5, 5.41) is 30.1. The zero-order valence-electron chi connectivity index (χ0n) is 13.8. The van der Waals surface area contributed by atoms with Crippen LogP contribution >= 0.6 is 0 Å². The van der Waals surface area contributed by atoms with E-state index in [2.05, 4.69) is 0 Å². The van der Waals surface area contributed by atoms with Crippen molar-refractivity contribution in [2.24, 2.45) is 0 Å². The molecule has 2 aromatic rings. The highest BCUT2D eigenvalue weighted by molar-refractivity contribution is 7.95. The van der Waals surface area contributed by atoms with Crippen molar-refractivity contribution >= 4 is 21.6 Å². The Kier molecular flexibility index (Phi) is 5.28. The summed E-state index contributed by atoms with van der Waals surface area (Å²) < 4.78 is 30.1. The Hall–Kier alpha value is -3.38. The molecule has 0 heterocycles. The number of nitro groups is 1. The molecule has 0 bridgehead atoms. The Bertz CT molecular complexity index is 1030. The van der Waals surface area contributed by atoms with E-state index in [1.165, 1.54) is 25.3 Å². The van der Waals surface area contributed by atoms with Crippen molar-refractivity contribution in [2.75, 3.05) is 7.11 Å². The molecule has 0 spiro atoms. The third-order valence-corrected chi connectivity index (χ3v) is 5.20. The van der Waals surface area contributed by atoms with Crippen LogP contribution in [0, 0.1) is 28.4 Å². The maximum atomic E-state index is 12.6. The van der Waals surface area contributed by atoms with Gasteiger partial charge in [0.05, 0.1) is 16.9 Å². The van der Waals surface area contributed by atoms with Crippen LogP contribution in [0.2, 0.25) is 0 Å². The summed E-state index contributed by atoms with van der Waals surface area (Å²) in [5.74, 6) is -0.898. The van der Waals surface area contributed by atoms with Gasteiger partial charge < -0.3 is 9.84 Å². The number of ether oxygens (including phenoxy) is 1. The standard InChI is InChI=1S/C17H14N2O6S/c1-11-3-5-13(6-4-11)26(23,24)14(10-18)7-12-8-15(19(21)22)17(20)16(9-12)25-2/h3-9,20H,1-2H3. The number of phenols is 1. The van der Waals surface area contributed by atoms with E-state index in [0.29, 0.717) is 0 Å². The Morgan fingerprint density at radius 2 is 1.92 bits per heavy atom. The second-order valence-corrected chi connectivity index (χ2v) is 7.20. The van der Waals surface area contributed by atoms with Crippen LogP contribution in [-0.2, 0) is 9.84 Å². The quantitative estimate of drug-likeness (QED) is 0.483. The van der Waals surface area contributed by atoms with Crippen LogP contribution in [0.4, 0.5) is 5.69 Å². The molecule has 0 saturated carbocycles. The number of aryl methyl sites for hydroxylation is 1. The summed E-state index contributed by atoms with van der Waals surface area (Å²) in [6.07, 6.45) is 0.990. The molecular formula is C17H14N2O6S. The van der Waals surface area contributed by atoms with Gasteiger partial charge in [-0.3, -0.25) is 10.1 Å². The number of benzene rings is 2. The number of nitriles is 1. The summed E-state index contributed by atoms with van der Waals surface area (Å²) in [7, 11) is -2.91. The number of methoxy groups -OCH3 is 1. The SMILES string of the molecule is COc1cc(C=C(C#N)S(=O)(=O)c2ccc(C)cc2)cc([N+](=O)[O-])c1O. The number of aromatic hydroxyl groups is 1. The number of sulfone groups is 1. The lowest BCUT2D eigenvalue weighted by molar-refractivity contribution is -0.386. The van der Waals surface area contributed by atoms with Crippen molar-refractivity contribution in [3.63, 3.8) is 0 Å². The molecule has 26 heavy (non-hydrogen) atoms. The highest BCUT2D eigenvalue weighted by atomic mass is 32.2. The molecule has 2 aromatic carbocycles. The maximum absolute atomic E-state index is 12.6. The third-order valence-electron chi connectivity index (χ3n) is 3.52. The second-order valence-electron chi connectivity index (χ2n) is 5.28. The predicted octanol–water partition coefficient (Wildman–Crippen LogP) is 2.96. The number of hydrogen-bond donors (Lipinski definition) is 1. The van der Waals surface area contributed by atoms with Crippen LogP contribution < -0.4 is 4.74 Å². The molecule has 0 radical (unpaired) electrons. The average Bonchev–Trinajstić information content (AvgIpc) is 2.60. The van der Waals surface area contributed by atoms with Gasteiger partial charge in [0.15, 0.2) is 5.75 Å². The third kappa shape index (κ3) is 3.65. The predicted molar refractivity (Wildman–Crippen MR) is 93.3 cm³/mol. The highest BCUT2D eigenvalue weighted by Crippen LogP contribution is 2.37. The lowest BCUT2D eigenvalue weighted by Gasteiger charge is -2.07. The smallest absolute Gasteiger partial charge is 0.315 e. The van der Waals surface area contributed by atoms with Crippen molar-refractivity contribution in [1.29, 1.82) is 5.26 Å². The van der Waals surface area contributed by atoms with E-state index in [1.54, 1.807) is 25.1 Å². The molecule has 0 unspecified atom stereocenters. The number of nitro benzene ring substituents is 1. The first kappa shape index (κ1) is 19.0. The lowest BCUT2D eigenvalue weighted by Crippen LogP contribution is -2.03. The van der Waals surface area contributed by atoms with E-state index in [1.807, 2.05) is 0 Å². The van der Waals surface area contributed by atoms with Gasteiger partial charge in [-0.2, -0.15) is 5.26 Å². The fourth-order valence-corrected chi connectivity index (χ4v) is 3.32. The Labute approximate surface area is 149 Å². The van der Waals surface area contributed by atoms with Gasteiger partial charge in [0.1, 0.15) is 11.0 Å². The van der Waals surface area contributed by atoms with Crippen LogP contribution in [0.1, 0.15) is 11.1 Å². The fraction of sp³-hybridized carbons (Fsp3) is 0.118. The molecule has 1 N–H and O–H groups in total. The summed E-state index contributed by atoms with van der Waals surface area (Å²) >= 11 is 0. The number of rotatable bonds is 5. The molecule has 0 aliphatic heterocycles. The van der Waals surface area contributed by atoms with Gasteiger partial charge in [0.2, 0.25) is 15.6 Å². The minimum absolute atomic E-state index is 0.0265. The van der Waals surface area contributed by atoms with Gasteiger partial charge in [0, 0.05) is 6.07 Å². The Morgan fingerprint density at radius 1 is 1.31 bits per heavy atom. The van der Waals surface area contributed by atoms with Crippen LogP contribution in [0.5, 0.6) is 11.5 Å². The molecular weight excluding hydrogens is 360 g/mol. The molecule has 8 nitrogen and oxygen atoms in total. The highest BCUT2D eigenvalue weighted by Gasteiger charge is 2.23. The van der Waals surface area contributed by atoms with Crippen molar-refractivity contribution in [1.82, 2.24) is 0 Å². The first-order valence-corrected chi connectivity index (χ1v) is 8.68. The molecule has 0 aliphatic rings. The molecule has 0 amide bonds. The molecule has 0 saturated heterocycles. The van der Waals surface area contributed by atoms with E-state index in [0.717, 1.165) is 17.7 Å². The van der Waals surface area contributed by atoms with Crippen LogP contribution in [0.25, 0.3) is 6.08 Å². The summed E-state index contributed by atoms with van der Waals surface area (Å²) in [6, 6.07) is 9.69. The largest absolute Gasteiger partial charge is 0.500 e. The summed E-state index contributed by atoms with van der Waals surface area (Å²) in [5.41, 5.74) is 0.213. The zero-order chi connectivity index (χ0) is 19.5. The molecule has 0 fully saturated rings. The van der Waals surface area contributed by atoms with Gasteiger partial charge in [-0.25, -0.2) is 8.42 Å². The number of phenolic OH excluding ortho intramolecular Hbond substituents is 1. The van der Waals surface area contributed by atoms with Crippen molar-refractivity contribution in [2.45, 2.75) is 11.8 Å². The summed E-state index contributed by atoms with van der Waals surface area (Å²) in [6.45, 7) is 1.79. The molecule has 0 atom stereocenters. The molecule has 9 heteroatoms. The van der Waals surface area contributed by atoms with Crippen molar-refractivity contribution < 1.29 is 23.2 Å². The first-order valence-electron chi connectivity index (χ1n) is 7.19. The Balaban J connectivity index is 2.62. The number of hydrogen-bond acceptors (Lipinski definition) is 7. The summed E-state index contributed by atoms with van der Waals surface area (Å²) in [4.78, 5) is 9.53. The van der Waals surface area contributed by atoms with Gasteiger partial charge >= 0.3 is 5.69 Å². The van der Waals surface area contributed by atoms with E-state index in [9.17, 15) is 28.9 Å². The van der Waals surface area contributed by atoms with Gasteiger partial charge in [-0.15, -0.1) is 0 Å². The maximum Gasteiger partial charge on any atom is 0.315 e. The van der Waals surface area contributed by atoms with E-state index < -0.39 is 31.1 Å². The van der Waals surface area contributed by atoms with Crippen molar-refractivity contribution in [3.05, 3.63) is 62.5 Å². The van der Waals surface area contributed by atoms with Crippen LogP contribution in [0.3, 0.4) is 0 Å². The fourth-order valence-electron chi connectivity index (χ4n) is 2.16. The van der Waals surface area contributed by atoms with Crippen LogP contribution in [-0.4, -0.2) is 25.6 Å². The Morgan fingerprint density at radius 3 is 2.42 bits per heavy atom. The van der Waals surface area contributed by atoms with Gasteiger partial charge in [0.25, 0.3) is 0 Å². The van der Waals surface area contributed by atoms with Crippen LogP contribution in [0.15, 0.2) is 46.2 Å². The monoisotopic (exact) mass is 374 g/mol. The molecule has 134 valence electrons. The molecule has 0 aliphatic carbocycles. The minimum atomic E-state index is -4.10.